The van der Waals surface area contributed by atoms with Crippen molar-refractivity contribution in [3.63, 3.8) is 0 Å². The van der Waals surface area contributed by atoms with E-state index < -0.39 is 0 Å². The third kappa shape index (κ3) is 3.00. The van der Waals surface area contributed by atoms with Gasteiger partial charge in [0.15, 0.2) is 10.9 Å². The number of pyridine rings is 1. The highest BCUT2D eigenvalue weighted by molar-refractivity contribution is 7.07. The maximum atomic E-state index is 4.66. The maximum Gasteiger partial charge on any atom is 0.212 e. The molecule has 0 radical (unpaired) electrons. The molecule has 1 aromatic carbocycles. The molecule has 0 atom stereocenters. The molecule has 0 unspecified atom stereocenters. The van der Waals surface area contributed by atoms with Gasteiger partial charge in [0.2, 0.25) is 5.52 Å². The number of aromatic nitrogens is 2. The predicted octanol–water partition coefficient (Wildman–Crippen LogP) is -1.60. The van der Waals surface area contributed by atoms with E-state index in [-0.39, 0.29) is 24.0 Å². The summed E-state index contributed by atoms with van der Waals surface area (Å²) >= 11 is 1.61. The Hall–Kier alpha value is -1.80. The van der Waals surface area contributed by atoms with Crippen molar-refractivity contribution in [3.8, 4) is 0 Å². The van der Waals surface area contributed by atoms with E-state index in [0.717, 1.165) is 15.0 Å². The van der Waals surface area contributed by atoms with Gasteiger partial charge in [-0.05, 0) is 23.8 Å². The van der Waals surface area contributed by atoms with Gasteiger partial charge in [0.25, 0.3) is 0 Å². The van der Waals surface area contributed by atoms with Gasteiger partial charge < -0.3 is 24.0 Å². The molecule has 0 fully saturated rings. The van der Waals surface area contributed by atoms with Crippen molar-refractivity contribution in [3.05, 3.63) is 63.3 Å². The number of fused-ring (bicyclic) bond motifs is 2. The lowest BCUT2D eigenvalue weighted by molar-refractivity contribution is -0.644. The summed E-state index contributed by atoms with van der Waals surface area (Å²) in [5.41, 5.74) is 3.33. The second kappa shape index (κ2) is 6.37. The quantitative estimate of drug-likeness (QED) is 0.342. The molecule has 3 aromatic rings. The molecule has 0 aliphatic carbocycles. The third-order valence-electron chi connectivity index (χ3n) is 3.70. The van der Waals surface area contributed by atoms with E-state index in [1.807, 2.05) is 24.3 Å². The van der Waals surface area contributed by atoms with Gasteiger partial charge in [-0.1, -0.05) is 23.5 Å². The van der Waals surface area contributed by atoms with Gasteiger partial charge in [-0.25, -0.2) is 9.55 Å². The molecule has 0 bridgehead atoms. The van der Waals surface area contributed by atoms with Crippen molar-refractivity contribution in [1.29, 1.82) is 0 Å². The van der Waals surface area contributed by atoms with E-state index >= 15 is 0 Å². The highest BCUT2D eigenvalue weighted by atomic mass is 127. The van der Waals surface area contributed by atoms with Crippen LogP contribution in [0.1, 0.15) is 11.3 Å². The molecular formula is C17H15IN4S. The van der Waals surface area contributed by atoms with Gasteiger partial charge in [-0.15, -0.1) is 0 Å². The Balaban J connectivity index is 0.00000156. The molecule has 3 heterocycles. The number of aryl methyl sites for hydroxylation is 1. The first-order chi connectivity index (χ1) is 10.7. The lowest BCUT2D eigenvalue weighted by Gasteiger charge is -2.06. The molecule has 0 spiro atoms. The average molecular weight is 434 g/mol. The Kier molecular flexibility index (Phi) is 4.45. The van der Waals surface area contributed by atoms with Crippen LogP contribution in [0.5, 0.6) is 0 Å². The van der Waals surface area contributed by atoms with Crippen LogP contribution in [0.2, 0.25) is 0 Å². The van der Waals surface area contributed by atoms with Gasteiger partial charge in [0.05, 0.1) is 5.39 Å². The van der Waals surface area contributed by atoms with Crippen LogP contribution in [-0.2, 0) is 7.05 Å². The molecule has 1 aliphatic heterocycles. The molecule has 4 nitrogen and oxygen atoms in total. The van der Waals surface area contributed by atoms with Crippen LogP contribution >= 0.6 is 11.3 Å². The van der Waals surface area contributed by atoms with Gasteiger partial charge >= 0.3 is 0 Å². The monoisotopic (exact) mass is 434 g/mol. The van der Waals surface area contributed by atoms with Crippen LogP contribution in [-0.4, -0.2) is 17.0 Å². The molecular weight excluding hydrogens is 419 g/mol. The zero-order valence-corrected chi connectivity index (χ0v) is 15.7. The fourth-order valence-corrected chi connectivity index (χ4v) is 3.50. The summed E-state index contributed by atoms with van der Waals surface area (Å²) < 4.78 is 4.07. The summed E-state index contributed by atoms with van der Waals surface area (Å²) in [6.45, 7) is 0. The summed E-state index contributed by atoms with van der Waals surface area (Å²) in [7, 11) is 3.99. The first-order valence-corrected chi connectivity index (χ1v) is 7.88. The average Bonchev–Trinajstić information content (AvgIpc) is 2.92. The maximum absolute atomic E-state index is 4.66. The van der Waals surface area contributed by atoms with Gasteiger partial charge in [0, 0.05) is 25.4 Å². The highest BCUT2D eigenvalue weighted by Crippen LogP contribution is 2.15. The Morgan fingerprint density at radius 1 is 1.22 bits per heavy atom. The van der Waals surface area contributed by atoms with Gasteiger partial charge in [-0.3, -0.25) is 5.01 Å². The lowest BCUT2D eigenvalue weighted by atomic mass is 10.1. The largest absolute Gasteiger partial charge is 1.00 e. The van der Waals surface area contributed by atoms with Gasteiger partial charge in [0.1, 0.15) is 17.4 Å². The molecule has 0 amide bonds. The standard InChI is InChI=1S/C17H15N4S.HI/c1-20-9-7-12(13-5-3-4-6-15(13)20)11-16-18-14-8-10-21(2)19-17(14)22-16;/h3-11H,1-2H3;1H/q+1;/p-1. The number of nitrogens with zero attached hydrogens (tertiary/aromatic N) is 4. The van der Waals surface area contributed by atoms with Crippen LogP contribution in [0, 0.1) is 0 Å². The van der Waals surface area contributed by atoms with Crippen molar-refractivity contribution in [2.24, 2.45) is 12.1 Å². The SMILES string of the molecule is CN1C=Cc2nc(=Cc3cc[n+](C)c4ccccc34)sc2=N1.[I-]. The number of thiazole rings is 1. The number of hydrogen-bond acceptors (Lipinski definition) is 4. The predicted molar refractivity (Wildman–Crippen MR) is 88.4 cm³/mol. The van der Waals surface area contributed by atoms with Crippen LogP contribution < -0.4 is 37.9 Å². The number of para-hydroxylation sites is 1. The molecule has 116 valence electrons. The normalized spacial score (nSPS) is 13.7. The summed E-state index contributed by atoms with van der Waals surface area (Å²) in [6.07, 6.45) is 8.14. The minimum Gasteiger partial charge on any atom is -1.00 e. The second-order valence-corrected chi connectivity index (χ2v) is 6.28. The smallest absolute Gasteiger partial charge is 0.212 e. The van der Waals surface area contributed by atoms with Crippen molar-refractivity contribution < 1.29 is 28.5 Å². The van der Waals surface area contributed by atoms with Crippen molar-refractivity contribution in [2.45, 2.75) is 0 Å². The van der Waals surface area contributed by atoms with Crippen LogP contribution in [0.15, 0.2) is 47.8 Å². The van der Waals surface area contributed by atoms with Crippen molar-refractivity contribution >= 4 is 34.4 Å². The Morgan fingerprint density at radius 3 is 2.91 bits per heavy atom. The van der Waals surface area contributed by atoms with E-state index in [4.69, 9.17) is 0 Å². The van der Waals surface area contributed by atoms with E-state index in [2.05, 4.69) is 64.3 Å². The Morgan fingerprint density at radius 2 is 2.04 bits per heavy atom. The van der Waals surface area contributed by atoms with Crippen LogP contribution in [0.25, 0.3) is 23.1 Å². The zero-order chi connectivity index (χ0) is 15.1. The zero-order valence-electron chi connectivity index (χ0n) is 12.8. The summed E-state index contributed by atoms with van der Waals surface area (Å²) in [5.74, 6) is 0. The number of halogens is 1. The molecule has 2 aromatic heterocycles. The second-order valence-electron chi connectivity index (χ2n) is 5.28. The molecule has 1 aliphatic rings. The third-order valence-corrected chi connectivity index (χ3v) is 4.60. The van der Waals surface area contributed by atoms with Crippen LogP contribution in [0.4, 0.5) is 0 Å². The van der Waals surface area contributed by atoms with Crippen LogP contribution in [0.3, 0.4) is 0 Å². The van der Waals surface area contributed by atoms with Crippen molar-refractivity contribution in [2.75, 3.05) is 7.05 Å². The summed E-state index contributed by atoms with van der Waals surface area (Å²) in [5, 5.41) is 7.50. The molecule has 0 N–H and O–H groups in total. The summed E-state index contributed by atoms with van der Waals surface area (Å²) in [6, 6.07) is 10.5. The minimum atomic E-state index is 0. The fourth-order valence-electron chi connectivity index (χ4n) is 2.58. The molecule has 0 saturated heterocycles. The Bertz CT molecular complexity index is 1020. The highest BCUT2D eigenvalue weighted by Gasteiger charge is 2.09. The van der Waals surface area contributed by atoms with E-state index in [1.54, 1.807) is 11.3 Å². The van der Waals surface area contributed by atoms with E-state index in [1.165, 1.54) is 16.5 Å². The minimum absolute atomic E-state index is 0. The first-order valence-electron chi connectivity index (χ1n) is 7.06. The topological polar surface area (TPSA) is 32.4 Å². The van der Waals surface area contributed by atoms with Gasteiger partial charge in [-0.2, -0.15) is 5.10 Å². The summed E-state index contributed by atoms with van der Waals surface area (Å²) in [4.78, 5) is 4.66. The first kappa shape index (κ1) is 16.1. The molecule has 23 heavy (non-hydrogen) atoms. The number of benzene rings is 1. The molecule has 4 rings (SSSR count). The number of hydrogen-bond donors (Lipinski definition) is 0. The van der Waals surface area contributed by atoms with Crippen molar-refractivity contribution in [1.82, 2.24) is 9.99 Å². The van der Waals surface area contributed by atoms with E-state index in [9.17, 15) is 0 Å². The van der Waals surface area contributed by atoms with E-state index in [0.29, 0.717) is 0 Å². The lowest BCUT2D eigenvalue weighted by Crippen LogP contribution is -3.00. The molecule has 0 saturated carbocycles. The molecule has 6 heteroatoms. The fraction of sp³-hybridized carbons (Fsp3) is 0.118. The Labute approximate surface area is 155 Å². The number of rotatable bonds is 1.